The molecule has 0 spiro atoms. The summed E-state index contributed by atoms with van der Waals surface area (Å²) in [4.78, 5) is 11.7. The van der Waals surface area contributed by atoms with E-state index in [4.69, 9.17) is 4.74 Å². The zero-order valence-electron chi connectivity index (χ0n) is 17.2. The monoisotopic (exact) mass is 357 g/mol. The summed E-state index contributed by atoms with van der Waals surface area (Å²) in [5, 5.41) is 3.46. The maximum Gasteiger partial charge on any atom is 0.112 e. The molecular weight excluding hydrogens is 322 g/mol. The molecule has 3 nitrogen and oxygen atoms in total. The van der Waals surface area contributed by atoms with Crippen LogP contribution in [0.25, 0.3) is 0 Å². The summed E-state index contributed by atoms with van der Waals surface area (Å²) >= 11 is 0. The van der Waals surface area contributed by atoms with E-state index in [1.807, 2.05) is 6.07 Å². The summed E-state index contributed by atoms with van der Waals surface area (Å²) in [7, 11) is 1.76. The number of benzene rings is 1. The molecule has 1 aliphatic rings. The van der Waals surface area contributed by atoms with Crippen molar-refractivity contribution in [2.24, 2.45) is 5.18 Å². The molecule has 0 fully saturated rings. The van der Waals surface area contributed by atoms with Crippen LogP contribution in [-0.2, 0) is 17.6 Å². The average Bonchev–Trinajstić information content (AvgIpc) is 2.61. The molecule has 0 aliphatic heterocycles. The highest BCUT2D eigenvalue weighted by atomic mass is 16.5. The molecule has 0 heterocycles. The number of hydrogen-bond donors (Lipinski definition) is 0. The van der Waals surface area contributed by atoms with Gasteiger partial charge in [-0.3, -0.25) is 0 Å². The predicted molar refractivity (Wildman–Crippen MR) is 110 cm³/mol. The van der Waals surface area contributed by atoms with Crippen LogP contribution < -0.4 is 0 Å². The average molecular weight is 358 g/mol. The van der Waals surface area contributed by atoms with E-state index in [1.54, 1.807) is 7.11 Å². The van der Waals surface area contributed by atoms with Crippen LogP contribution in [0.1, 0.15) is 88.8 Å². The summed E-state index contributed by atoms with van der Waals surface area (Å²) in [5.41, 5.74) is 5.39. The van der Waals surface area contributed by atoms with Gasteiger partial charge in [0.25, 0.3) is 0 Å². The number of methoxy groups -OCH3 is 1. The third-order valence-corrected chi connectivity index (χ3v) is 5.58. The first-order valence-electron chi connectivity index (χ1n) is 10.1. The lowest BCUT2D eigenvalue weighted by molar-refractivity contribution is 0.0230. The molecule has 26 heavy (non-hydrogen) atoms. The van der Waals surface area contributed by atoms with Gasteiger partial charge in [0.15, 0.2) is 0 Å². The number of ether oxygens (including phenoxy) is 1. The summed E-state index contributed by atoms with van der Waals surface area (Å²) in [6.45, 7) is 8.62. The van der Waals surface area contributed by atoms with Crippen LogP contribution >= 0.6 is 0 Å². The smallest absolute Gasteiger partial charge is 0.112 e. The van der Waals surface area contributed by atoms with Crippen molar-refractivity contribution < 1.29 is 4.74 Å². The number of nitroso groups, excluding NO2 is 1. The fraction of sp³-hybridized carbons (Fsp3) is 0.652. The summed E-state index contributed by atoms with van der Waals surface area (Å²) in [6, 6.07) is 4.33. The van der Waals surface area contributed by atoms with Crippen molar-refractivity contribution in [3.63, 3.8) is 0 Å². The molecule has 1 unspecified atom stereocenters. The molecule has 1 aromatic carbocycles. The summed E-state index contributed by atoms with van der Waals surface area (Å²) in [5.74, 6) is 0.295. The minimum atomic E-state index is -0.260. The van der Waals surface area contributed by atoms with Crippen LogP contribution in [0.15, 0.2) is 29.0 Å². The zero-order chi connectivity index (χ0) is 19.2. The number of aryl methyl sites for hydroxylation is 1. The van der Waals surface area contributed by atoms with Crippen molar-refractivity contribution in [3.8, 4) is 0 Å². The van der Waals surface area contributed by atoms with Gasteiger partial charge >= 0.3 is 0 Å². The van der Waals surface area contributed by atoms with Gasteiger partial charge in [0.2, 0.25) is 0 Å². The largest absolute Gasteiger partial charge is 0.378 e. The molecule has 1 atom stereocenters. The minimum Gasteiger partial charge on any atom is -0.378 e. The Balaban J connectivity index is 2.48. The lowest BCUT2D eigenvalue weighted by Crippen LogP contribution is -2.26. The second-order valence-corrected chi connectivity index (χ2v) is 8.39. The fourth-order valence-corrected chi connectivity index (χ4v) is 4.00. The van der Waals surface area contributed by atoms with Gasteiger partial charge in [0.05, 0.1) is 5.60 Å². The Labute approximate surface area is 159 Å². The number of allylic oxidation sites excluding steroid dienone is 2. The fourth-order valence-electron chi connectivity index (χ4n) is 4.00. The number of unbranched alkanes of at least 4 members (excludes halogenated alkanes) is 2. The van der Waals surface area contributed by atoms with Gasteiger partial charge in [-0.2, -0.15) is 0 Å². The Morgan fingerprint density at radius 2 is 2.04 bits per heavy atom. The number of hydrogen-bond acceptors (Lipinski definition) is 3. The van der Waals surface area contributed by atoms with Crippen molar-refractivity contribution in [1.82, 2.24) is 0 Å². The molecule has 0 N–H and O–H groups in total. The summed E-state index contributed by atoms with van der Waals surface area (Å²) < 4.78 is 5.69. The van der Waals surface area contributed by atoms with Crippen LogP contribution in [0.2, 0.25) is 0 Å². The maximum atomic E-state index is 11.7. The maximum absolute atomic E-state index is 11.7. The first-order chi connectivity index (χ1) is 12.4. The molecule has 0 aromatic heterocycles. The van der Waals surface area contributed by atoms with Crippen molar-refractivity contribution in [2.45, 2.75) is 90.6 Å². The van der Waals surface area contributed by atoms with Crippen LogP contribution in [0.4, 0.5) is 5.69 Å². The standard InChI is InChI=1S/C23H35NO2/c1-6-7-8-11-18-14-20(16-23(3,4)26-5)22(21(15-18)24-25)19-12-9-10-17(2)13-19/h13-15,19H,6-12,16H2,1-5H3. The quantitative estimate of drug-likeness (QED) is 0.271. The normalized spacial score (nSPS) is 17.9. The topological polar surface area (TPSA) is 38.7 Å². The van der Waals surface area contributed by atoms with E-state index in [-0.39, 0.29) is 5.60 Å². The first-order valence-corrected chi connectivity index (χ1v) is 10.1. The first kappa shape index (κ1) is 20.8. The molecule has 0 saturated heterocycles. The van der Waals surface area contributed by atoms with Crippen molar-refractivity contribution in [1.29, 1.82) is 0 Å². The molecule has 0 amide bonds. The second kappa shape index (κ2) is 9.45. The highest BCUT2D eigenvalue weighted by Crippen LogP contribution is 2.40. The van der Waals surface area contributed by atoms with Gasteiger partial charge in [-0.05, 0) is 80.8 Å². The molecule has 3 heteroatoms. The molecule has 1 aliphatic carbocycles. The molecule has 144 valence electrons. The highest BCUT2D eigenvalue weighted by molar-refractivity contribution is 5.56. The molecule has 0 bridgehead atoms. The van der Waals surface area contributed by atoms with Gasteiger partial charge < -0.3 is 4.74 Å². The van der Waals surface area contributed by atoms with Crippen molar-refractivity contribution >= 4 is 5.69 Å². The Morgan fingerprint density at radius 1 is 1.27 bits per heavy atom. The Kier molecular flexibility index (Phi) is 7.57. The summed E-state index contributed by atoms with van der Waals surface area (Å²) in [6.07, 6.45) is 11.2. The van der Waals surface area contributed by atoms with E-state index in [2.05, 4.69) is 45.0 Å². The van der Waals surface area contributed by atoms with Gasteiger partial charge in [0, 0.05) is 19.4 Å². The van der Waals surface area contributed by atoms with E-state index in [1.165, 1.54) is 36.0 Å². The van der Waals surface area contributed by atoms with Crippen LogP contribution in [0.3, 0.4) is 0 Å². The number of rotatable bonds is 9. The van der Waals surface area contributed by atoms with E-state index >= 15 is 0 Å². The van der Waals surface area contributed by atoms with Crippen molar-refractivity contribution in [2.75, 3.05) is 7.11 Å². The Bertz CT molecular complexity index is 646. The SMILES string of the molecule is CCCCCc1cc(CC(C)(C)OC)c(C2C=C(C)CCC2)c(N=O)c1. The van der Waals surface area contributed by atoms with Crippen LogP contribution in [0.5, 0.6) is 0 Å². The van der Waals surface area contributed by atoms with Crippen molar-refractivity contribution in [3.05, 3.63) is 45.4 Å². The molecule has 0 saturated carbocycles. The molecule has 0 radical (unpaired) electrons. The van der Waals surface area contributed by atoms with Crippen LogP contribution in [-0.4, -0.2) is 12.7 Å². The third-order valence-electron chi connectivity index (χ3n) is 5.58. The highest BCUT2D eigenvalue weighted by Gasteiger charge is 2.26. The molecule has 1 aromatic rings. The van der Waals surface area contributed by atoms with E-state index < -0.39 is 0 Å². The van der Waals surface area contributed by atoms with Gasteiger partial charge in [0.1, 0.15) is 5.69 Å². The van der Waals surface area contributed by atoms with E-state index in [0.717, 1.165) is 37.7 Å². The van der Waals surface area contributed by atoms with Gasteiger partial charge in [-0.1, -0.05) is 37.5 Å². The van der Waals surface area contributed by atoms with Gasteiger partial charge in [-0.15, -0.1) is 4.91 Å². The third kappa shape index (κ3) is 5.51. The molecular formula is C23H35NO2. The lowest BCUT2D eigenvalue weighted by Gasteiger charge is -2.28. The predicted octanol–water partition coefficient (Wildman–Crippen LogP) is 7.00. The second-order valence-electron chi connectivity index (χ2n) is 8.39. The Morgan fingerprint density at radius 3 is 2.65 bits per heavy atom. The number of nitrogens with zero attached hydrogens (tertiary/aromatic N) is 1. The zero-order valence-corrected chi connectivity index (χ0v) is 17.2. The van der Waals surface area contributed by atoms with E-state index in [9.17, 15) is 4.91 Å². The Hall–Kier alpha value is -1.48. The van der Waals surface area contributed by atoms with Gasteiger partial charge in [-0.25, -0.2) is 0 Å². The minimum absolute atomic E-state index is 0.260. The lowest BCUT2D eigenvalue weighted by atomic mass is 9.80. The van der Waals surface area contributed by atoms with E-state index in [0.29, 0.717) is 11.6 Å². The van der Waals surface area contributed by atoms with Crippen LogP contribution in [0, 0.1) is 4.91 Å². The molecule has 2 rings (SSSR count).